The normalized spacial score (nSPS) is 12.3. The topological polar surface area (TPSA) is 95.1 Å². The van der Waals surface area contributed by atoms with Crippen LogP contribution in [0.1, 0.15) is 22.8 Å². The van der Waals surface area contributed by atoms with E-state index in [-0.39, 0.29) is 6.61 Å². The monoisotopic (exact) mass is 398 g/mol. The largest absolute Gasteiger partial charge is 0.493 e. The second-order valence-electron chi connectivity index (χ2n) is 6.06. The average Bonchev–Trinajstić information content (AvgIpc) is 2.76. The molecule has 152 valence electrons. The van der Waals surface area contributed by atoms with Gasteiger partial charge in [0.05, 0.1) is 7.11 Å². The highest BCUT2D eigenvalue weighted by molar-refractivity contribution is 5.96. The Bertz CT molecular complexity index is 925. The summed E-state index contributed by atoms with van der Waals surface area (Å²) in [6.07, 6.45) is 3.83. The van der Waals surface area contributed by atoms with Crippen molar-refractivity contribution in [2.75, 3.05) is 26.9 Å². The van der Waals surface area contributed by atoms with Gasteiger partial charge in [0, 0.05) is 5.56 Å². The fourth-order valence-corrected chi connectivity index (χ4v) is 2.66. The maximum absolute atomic E-state index is 12.2. The molecule has 8 heteroatoms. The zero-order valence-electron chi connectivity index (χ0n) is 16.2. The minimum Gasteiger partial charge on any atom is -0.493 e. The number of carbonyl (C=O) groups is 2. The number of hydrogen-bond acceptors (Lipinski definition) is 6. The lowest BCUT2D eigenvalue weighted by molar-refractivity contribution is -0.123. The van der Waals surface area contributed by atoms with Gasteiger partial charge in [-0.1, -0.05) is 18.2 Å². The first-order chi connectivity index (χ1) is 14.1. The van der Waals surface area contributed by atoms with Crippen LogP contribution < -0.4 is 29.8 Å². The van der Waals surface area contributed by atoms with E-state index in [1.165, 1.54) is 7.11 Å². The average molecular weight is 398 g/mol. The fraction of sp³-hybridized carbons (Fsp3) is 0.238. The van der Waals surface area contributed by atoms with Crippen molar-refractivity contribution in [2.24, 2.45) is 0 Å². The third-order valence-corrected chi connectivity index (χ3v) is 4.03. The highest BCUT2D eigenvalue weighted by atomic mass is 16.6. The molecule has 1 heterocycles. The van der Waals surface area contributed by atoms with Gasteiger partial charge in [0.1, 0.15) is 13.2 Å². The van der Waals surface area contributed by atoms with Crippen LogP contribution in [0.3, 0.4) is 0 Å². The summed E-state index contributed by atoms with van der Waals surface area (Å²) in [5.41, 5.74) is 5.94. The van der Waals surface area contributed by atoms with E-state index in [1.807, 2.05) is 25.1 Å². The van der Waals surface area contributed by atoms with E-state index >= 15 is 0 Å². The van der Waals surface area contributed by atoms with Crippen LogP contribution in [0.4, 0.5) is 0 Å². The Morgan fingerprint density at radius 1 is 1.03 bits per heavy atom. The summed E-state index contributed by atoms with van der Waals surface area (Å²) in [5.74, 6) is 1.01. The van der Waals surface area contributed by atoms with E-state index in [0.717, 1.165) is 5.56 Å². The predicted octanol–water partition coefficient (Wildman–Crippen LogP) is 2.34. The van der Waals surface area contributed by atoms with E-state index in [0.29, 0.717) is 41.8 Å². The zero-order chi connectivity index (χ0) is 20.6. The molecule has 1 aliphatic heterocycles. The fourth-order valence-electron chi connectivity index (χ4n) is 2.66. The number of methoxy groups -OCH3 is 1. The number of carbonyl (C=O) groups excluding carboxylic acids is 2. The molecule has 0 atom stereocenters. The highest BCUT2D eigenvalue weighted by Crippen LogP contribution is 2.30. The number of ether oxygens (including phenoxy) is 4. The Kier molecular flexibility index (Phi) is 6.57. The smallest absolute Gasteiger partial charge is 0.276 e. The SMILES string of the molecule is C/C=C/c1ccc(OCC(=O)NNC(=O)c2ccc3c(c2)OCCO3)c(OC)c1. The minimum atomic E-state index is -0.518. The molecule has 0 aliphatic carbocycles. The van der Waals surface area contributed by atoms with E-state index < -0.39 is 11.8 Å². The molecule has 1 aliphatic rings. The molecule has 2 N–H and O–H groups in total. The summed E-state index contributed by atoms with van der Waals surface area (Å²) >= 11 is 0. The Morgan fingerprint density at radius 3 is 2.59 bits per heavy atom. The van der Waals surface area contributed by atoms with Crippen molar-refractivity contribution in [1.29, 1.82) is 0 Å². The molecular weight excluding hydrogens is 376 g/mol. The minimum absolute atomic E-state index is 0.291. The van der Waals surface area contributed by atoms with Crippen LogP contribution in [-0.2, 0) is 4.79 Å². The zero-order valence-corrected chi connectivity index (χ0v) is 16.2. The molecule has 0 radical (unpaired) electrons. The maximum atomic E-state index is 12.2. The number of rotatable bonds is 6. The Balaban J connectivity index is 1.52. The van der Waals surface area contributed by atoms with Crippen molar-refractivity contribution in [3.05, 3.63) is 53.6 Å². The van der Waals surface area contributed by atoms with Crippen LogP contribution in [0.25, 0.3) is 6.08 Å². The van der Waals surface area contributed by atoms with Gasteiger partial charge in [-0.05, 0) is 42.8 Å². The lowest BCUT2D eigenvalue weighted by Crippen LogP contribution is -2.43. The summed E-state index contributed by atoms with van der Waals surface area (Å²) in [7, 11) is 1.52. The van der Waals surface area contributed by atoms with Gasteiger partial charge in [0.2, 0.25) is 0 Å². The van der Waals surface area contributed by atoms with Crippen molar-refractivity contribution < 1.29 is 28.5 Å². The van der Waals surface area contributed by atoms with Crippen molar-refractivity contribution in [3.63, 3.8) is 0 Å². The molecule has 2 aromatic rings. The van der Waals surface area contributed by atoms with Gasteiger partial charge in [-0.15, -0.1) is 0 Å². The molecule has 0 fully saturated rings. The van der Waals surface area contributed by atoms with Gasteiger partial charge in [-0.25, -0.2) is 0 Å². The summed E-state index contributed by atoms with van der Waals surface area (Å²) in [6, 6.07) is 10.2. The second-order valence-corrected chi connectivity index (χ2v) is 6.06. The van der Waals surface area contributed by atoms with Crippen molar-refractivity contribution in [2.45, 2.75) is 6.92 Å². The van der Waals surface area contributed by atoms with Crippen molar-refractivity contribution in [1.82, 2.24) is 10.9 Å². The van der Waals surface area contributed by atoms with Gasteiger partial charge in [0.15, 0.2) is 29.6 Å². The number of hydrogen-bond donors (Lipinski definition) is 2. The standard InChI is InChI=1S/C21H22N2O6/c1-3-4-14-5-7-16(18(11-14)26-2)29-13-20(24)22-23-21(25)15-6-8-17-19(12-15)28-10-9-27-17/h3-8,11-12H,9-10,13H2,1-2H3,(H,22,24)(H,23,25)/b4-3+. The molecule has 29 heavy (non-hydrogen) atoms. The van der Waals surface area contributed by atoms with Gasteiger partial charge >= 0.3 is 0 Å². The van der Waals surface area contributed by atoms with E-state index in [9.17, 15) is 9.59 Å². The summed E-state index contributed by atoms with van der Waals surface area (Å²) in [4.78, 5) is 24.2. The van der Waals surface area contributed by atoms with Crippen LogP contribution in [0, 0.1) is 0 Å². The lowest BCUT2D eigenvalue weighted by atomic mass is 10.2. The van der Waals surface area contributed by atoms with Gasteiger partial charge < -0.3 is 18.9 Å². The number of amides is 2. The molecule has 0 saturated carbocycles. The second kappa shape index (κ2) is 9.50. The number of benzene rings is 2. The van der Waals surface area contributed by atoms with Gasteiger partial charge in [-0.2, -0.15) is 0 Å². The van der Waals surface area contributed by atoms with Gasteiger partial charge in [0.25, 0.3) is 11.8 Å². The number of hydrazine groups is 1. The van der Waals surface area contributed by atoms with Crippen LogP contribution in [0.15, 0.2) is 42.5 Å². The Labute approximate surface area is 168 Å². The molecule has 3 rings (SSSR count). The molecule has 0 aromatic heterocycles. The van der Waals surface area contributed by atoms with Crippen LogP contribution >= 0.6 is 0 Å². The van der Waals surface area contributed by atoms with Crippen LogP contribution in [-0.4, -0.2) is 38.7 Å². The molecule has 0 spiro atoms. The molecule has 0 unspecified atom stereocenters. The molecule has 0 bridgehead atoms. The van der Waals surface area contributed by atoms with Crippen molar-refractivity contribution in [3.8, 4) is 23.0 Å². The quantitative estimate of drug-likeness (QED) is 0.726. The van der Waals surface area contributed by atoms with Gasteiger partial charge in [-0.3, -0.25) is 20.4 Å². The van der Waals surface area contributed by atoms with Crippen LogP contribution in [0.5, 0.6) is 23.0 Å². The first-order valence-corrected chi connectivity index (χ1v) is 9.03. The van der Waals surface area contributed by atoms with E-state index in [1.54, 1.807) is 30.3 Å². The number of nitrogens with one attached hydrogen (secondary N) is 2. The summed E-state index contributed by atoms with van der Waals surface area (Å²) in [5, 5.41) is 0. The number of fused-ring (bicyclic) bond motifs is 1. The summed E-state index contributed by atoms with van der Waals surface area (Å²) in [6.45, 7) is 2.52. The first kappa shape index (κ1) is 20.1. The Hall–Kier alpha value is -3.68. The lowest BCUT2D eigenvalue weighted by Gasteiger charge is -2.18. The number of allylic oxidation sites excluding steroid dienone is 1. The van der Waals surface area contributed by atoms with E-state index in [2.05, 4.69) is 10.9 Å². The van der Waals surface area contributed by atoms with E-state index in [4.69, 9.17) is 18.9 Å². The highest BCUT2D eigenvalue weighted by Gasteiger charge is 2.15. The third-order valence-electron chi connectivity index (χ3n) is 4.03. The summed E-state index contributed by atoms with van der Waals surface area (Å²) < 4.78 is 21.6. The Morgan fingerprint density at radius 2 is 1.83 bits per heavy atom. The molecular formula is C21H22N2O6. The molecule has 0 saturated heterocycles. The maximum Gasteiger partial charge on any atom is 0.276 e. The molecule has 2 aromatic carbocycles. The molecule has 2 amide bonds. The molecule has 8 nitrogen and oxygen atoms in total. The first-order valence-electron chi connectivity index (χ1n) is 9.03. The van der Waals surface area contributed by atoms with Crippen LogP contribution in [0.2, 0.25) is 0 Å². The predicted molar refractivity (Wildman–Crippen MR) is 106 cm³/mol. The third kappa shape index (κ3) is 5.19. The van der Waals surface area contributed by atoms with Crippen molar-refractivity contribution >= 4 is 17.9 Å².